The van der Waals surface area contributed by atoms with Gasteiger partial charge in [-0.3, -0.25) is 15.6 Å². The zero-order valence-corrected chi connectivity index (χ0v) is 17.4. The van der Waals surface area contributed by atoms with Gasteiger partial charge in [0, 0.05) is 16.1 Å². The minimum Gasteiger partial charge on any atom is -0.299 e. The molecule has 0 bridgehead atoms. The maximum Gasteiger partial charge on any atom is 0.242 e. The third-order valence-corrected chi connectivity index (χ3v) is 5.14. The summed E-state index contributed by atoms with van der Waals surface area (Å²) in [6, 6.07) is 26.2. The van der Waals surface area contributed by atoms with E-state index in [0.717, 1.165) is 16.9 Å². The second kappa shape index (κ2) is 9.03. The molecule has 0 saturated heterocycles. The van der Waals surface area contributed by atoms with Crippen LogP contribution in [0.5, 0.6) is 0 Å². The van der Waals surface area contributed by atoms with E-state index in [1.165, 1.54) is 0 Å². The minimum atomic E-state index is -0.233. The van der Waals surface area contributed by atoms with Crippen LogP contribution in [0.25, 0.3) is 16.9 Å². The van der Waals surface area contributed by atoms with Crippen molar-refractivity contribution in [1.29, 1.82) is 0 Å². The number of anilines is 1. The van der Waals surface area contributed by atoms with Gasteiger partial charge < -0.3 is 0 Å². The van der Waals surface area contributed by atoms with Crippen molar-refractivity contribution < 1.29 is 4.79 Å². The summed E-state index contributed by atoms with van der Waals surface area (Å²) in [7, 11) is 0. The van der Waals surface area contributed by atoms with E-state index in [9.17, 15) is 4.79 Å². The smallest absolute Gasteiger partial charge is 0.242 e. The fourth-order valence-electron chi connectivity index (χ4n) is 3.03. The largest absolute Gasteiger partial charge is 0.299 e. The first-order valence-electron chi connectivity index (χ1n) is 9.30. The van der Waals surface area contributed by atoms with Crippen molar-refractivity contribution in [3.8, 4) is 16.9 Å². The number of benzene rings is 3. The van der Waals surface area contributed by atoms with Crippen LogP contribution >= 0.6 is 23.2 Å². The van der Waals surface area contributed by atoms with Gasteiger partial charge in [-0.1, -0.05) is 71.7 Å². The molecule has 1 heterocycles. The maximum absolute atomic E-state index is 12.6. The summed E-state index contributed by atoms with van der Waals surface area (Å²) >= 11 is 12.7. The molecule has 3 aromatic carbocycles. The summed E-state index contributed by atoms with van der Waals surface area (Å²) < 4.78 is 1.64. The molecule has 0 saturated carbocycles. The first kappa shape index (κ1) is 20.0. The molecular formula is C23H18Cl2N4O. The van der Waals surface area contributed by atoms with Crippen molar-refractivity contribution in [2.75, 3.05) is 5.43 Å². The molecule has 0 radical (unpaired) electrons. The zero-order valence-electron chi connectivity index (χ0n) is 15.8. The molecule has 0 atom stereocenters. The van der Waals surface area contributed by atoms with Gasteiger partial charge in [0.2, 0.25) is 5.91 Å². The van der Waals surface area contributed by atoms with Crippen molar-refractivity contribution in [3.63, 3.8) is 0 Å². The van der Waals surface area contributed by atoms with E-state index in [1.54, 1.807) is 16.8 Å². The third-order valence-electron chi connectivity index (χ3n) is 4.50. The first-order valence-corrected chi connectivity index (χ1v) is 10.1. The minimum absolute atomic E-state index is 0.0590. The molecule has 4 aromatic rings. The number of aromatic nitrogens is 2. The maximum atomic E-state index is 12.6. The number of para-hydroxylation sites is 2. The molecule has 2 N–H and O–H groups in total. The lowest BCUT2D eigenvalue weighted by molar-refractivity contribution is -0.119. The average Bonchev–Trinajstić information content (AvgIpc) is 3.10. The first-order chi connectivity index (χ1) is 14.6. The van der Waals surface area contributed by atoms with E-state index >= 15 is 0 Å². The Labute approximate surface area is 184 Å². The van der Waals surface area contributed by atoms with E-state index in [0.29, 0.717) is 21.4 Å². The number of amides is 1. The molecule has 0 aliphatic rings. The number of carbonyl (C=O) groups excluding carboxylic acids is 1. The highest BCUT2D eigenvalue weighted by Crippen LogP contribution is 2.32. The van der Waals surface area contributed by atoms with E-state index in [1.807, 2.05) is 72.8 Å². The molecule has 30 heavy (non-hydrogen) atoms. The molecule has 1 amide bonds. The van der Waals surface area contributed by atoms with E-state index < -0.39 is 0 Å². The lowest BCUT2D eigenvalue weighted by Crippen LogP contribution is -2.30. The highest BCUT2D eigenvalue weighted by atomic mass is 35.5. The summed E-state index contributed by atoms with van der Waals surface area (Å²) in [5, 5.41) is 5.71. The molecule has 1 aromatic heterocycles. The van der Waals surface area contributed by atoms with Gasteiger partial charge in [-0.2, -0.15) is 5.10 Å². The fourth-order valence-corrected chi connectivity index (χ4v) is 3.45. The van der Waals surface area contributed by atoms with Crippen LogP contribution in [-0.4, -0.2) is 15.7 Å². The highest BCUT2D eigenvalue weighted by molar-refractivity contribution is 6.31. The van der Waals surface area contributed by atoms with Crippen LogP contribution in [-0.2, 0) is 11.2 Å². The predicted octanol–water partition coefficient (Wildman–Crippen LogP) is 5.53. The fraction of sp³-hybridized carbons (Fsp3) is 0.0435. The molecular weight excluding hydrogens is 419 g/mol. The number of carbonyl (C=O) groups is 1. The van der Waals surface area contributed by atoms with Crippen LogP contribution in [0.2, 0.25) is 10.2 Å². The van der Waals surface area contributed by atoms with Gasteiger partial charge in [-0.25, -0.2) is 4.68 Å². The second-order valence-corrected chi connectivity index (χ2v) is 7.38. The normalized spacial score (nSPS) is 10.6. The van der Waals surface area contributed by atoms with Crippen LogP contribution in [0.15, 0.2) is 84.9 Å². The Hall–Kier alpha value is -3.28. The van der Waals surface area contributed by atoms with Gasteiger partial charge in [-0.15, -0.1) is 0 Å². The van der Waals surface area contributed by atoms with Crippen molar-refractivity contribution >= 4 is 34.8 Å². The number of halogens is 2. The Morgan fingerprint density at radius 2 is 1.50 bits per heavy atom. The lowest BCUT2D eigenvalue weighted by Gasteiger charge is -2.09. The molecule has 0 aliphatic heterocycles. The van der Waals surface area contributed by atoms with Gasteiger partial charge in [0.05, 0.1) is 23.5 Å². The van der Waals surface area contributed by atoms with Crippen LogP contribution in [0.1, 0.15) is 5.56 Å². The molecule has 0 spiro atoms. The van der Waals surface area contributed by atoms with Gasteiger partial charge in [0.1, 0.15) is 5.15 Å². The van der Waals surface area contributed by atoms with Crippen molar-refractivity contribution in [3.05, 3.63) is 101 Å². The second-order valence-electron chi connectivity index (χ2n) is 6.59. The number of nitrogens with one attached hydrogen (secondary N) is 2. The molecule has 7 heteroatoms. The standard InChI is InChI=1S/C23H18Cl2N4O/c24-17-13-11-16(12-14-17)22-20(15-21(30)27-26-18-7-3-1-4-8-18)23(25)29(28-22)19-9-5-2-6-10-19/h1-14,26H,15H2,(H,27,30). The van der Waals surface area contributed by atoms with Crippen LogP contribution < -0.4 is 10.9 Å². The molecule has 0 fully saturated rings. The summed E-state index contributed by atoms with van der Waals surface area (Å²) in [4.78, 5) is 12.6. The monoisotopic (exact) mass is 436 g/mol. The van der Waals surface area contributed by atoms with Crippen LogP contribution in [0, 0.1) is 0 Å². The van der Waals surface area contributed by atoms with E-state index in [4.69, 9.17) is 28.3 Å². The zero-order chi connectivity index (χ0) is 20.9. The van der Waals surface area contributed by atoms with Gasteiger partial charge >= 0.3 is 0 Å². The molecule has 0 unspecified atom stereocenters. The van der Waals surface area contributed by atoms with Gasteiger partial charge in [-0.05, 0) is 36.4 Å². The lowest BCUT2D eigenvalue weighted by atomic mass is 10.1. The SMILES string of the molecule is O=C(Cc1c(-c2ccc(Cl)cc2)nn(-c2ccccc2)c1Cl)NNc1ccccc1. The third kappa shape index (κ3) is 4.48. The van der Waals surface area contributed by atoms with Crippen molar-refractivity contribution in [2.45, 2.75) is 6.42 Å². The van der Waals surface area contributed by atoms with Crippen LogP contribution in [0.4, 0.5) is 5.69 Å². The average molecular weight is 437 g/mol. The van der Waals surface area contributed by atoms with Gasteiger partial charge in [0.25, 0.3) is 0 Å². The predicted molar refractivity (Wildman–Crippen MR) is 121 cm³/mol. The quantitative estimate of drug-likeness (QED) is 0.390. The summed E-state index contributed by atoms with van der Waals surface area (Å²) in [5.41, 5.74) is 9.30. The number of hydrogen-bond acceptors (Lipinski definition) is 3. The van der Waals surface area contributed by atoms with Gasteiger partial charge in [0.15, 0.2) is 0 Å². The molecule has 4 rings (SSSR count). The topological polar surface area (TPSA) is 59.0 Å². The number of hydrazine groups is 1. The number of hydrogen-bond donors (Lipinski definition) is 2. The summed E-state index contributed by atoms with van der Waals surface area (Å²) in [6.07, 6.45) is 0.0590. The van der Waals surface area contributed by atoms with Crippen molar-refractivity contribution in [1.82, 2.24) is 15.2 Å². The molecule has 5 nitrogen and oxygen atoms in total. The van der Waals surface area contributed by atoms with E-state index in [2.05, 4.69) is 10.9 Å². The molecule has 150 valence electrons. The summed E-state index contributed by atoms with van der Waals surface area (Å²) in [5.74, 6) is -0.233. The Bertz CT molecular complexity index is 1140. The van der Waals surface area contributed by atoms with E-state index in [-0.39, 0.29) is 12.3 Å². The highest BCUT2D eigenvalue weighted by Gasteiger charge is 2.21. The van der Waals surface area contributed by atoms with Crippen LogP contribution in [0.3, 0.4) is 0 Å². The number of nitrogens with zero attached hydrogens (tertiary/aromatic N) is 2. The Balaban J connectivity index is 1.65. The summed E-state index contributed by atoms with van der Waals surface area (Å²) in [6.45, 7) is 0. The Kier molecular flexibility index (Phi) is 6.02. The number of rotatable bonds is 6. The Morgan fingerprint density at radius 1 is 0.867 bits per heavy atom. The molecule has 0 aliphatic carbocycles. The van der Waals surface area contributed by atoms with Crippen molar-refractivity contribution in [2.24, 2.45) is 0 Å². The Morgan fingerprint density at radius 3 is 2.17 bits per heavy atom.